The third-order valence-electron chi connectivity index (χ3n) is 3.04. The van der Waals surface area contributed by atoms with Gasteiger partial charge in [0.15, 0.2) is 0 Å². The maximum atomic E-state index is 3.22. The number of nitrogens with zero attached hydrogens (tertiary/aromatic N) is 2. The van der Waals surface area contributed by atoms with Crippen LogP contribution in [0, 0.1) is 0 Å². The Morgan fingerprint density at radius 1 is 1.38 bits per heavy atom. The van der Waals surface area contributed by atoms with Crippen molar-refractivity contribution in [2.24, 2.45) is 0 Å². The molecule has 1 rings (SSSR count). The fraction of sp³-hybridized carbons (Fsp3) is 1.00. The van der Waals surface area contributed by atoms with Crippen molar-refractivity contribution in [1.82, 2.24) is 15.1 Å². The highest BCUT2D eigenvalue weighted by Crippen LogP contribution is 2.09. The summed E-state index contributed by atoms with van der Waals surface area (Å²) in [5.41, 5.74) is 0. The summed E-state index contributed by atoms with van der Waals surface area (Å²) >= 11 is 0. The smallest absolute Gasteiger partial charge is 0.0232 e. The van der Waals surface area contributed by atoms with Gasteiger partial charge in [-0.3, -0.25) is 0 Å². The molecule has 1 saturated heterocycles. The molecule has 0 aromatic heterocycles. The molecule has 0 saturated carbocycles. The molecule has 0 aromatic carbocycles. The fourth-order valence-corrected chi connectivity index (χ4v) is 1.92. The van der Waals surface area contributed by atoms with E-state index in [2.05, 4.69) is 29.1 Å². The van der Waals surface area contributed by atoms with E-state index in [1.54, 1.807) is 0 Å². The molecule has 13 heavy (non-hydrogen) atoms. The predicted octanol–water partition coefficient (Wildman–Crippen LogP) is 0.232. The first-order chi connectivity index (χ1) is 6.27. The lowest BCUT2D eigenvalue weighted by Crippen LogP contribution is -2.51. The van der Waals surface area contributed by atoms with Gasteiger partial charge in [0.2, 0.25) is 0 Å². The zero-order valence-electron chi connectivity index (χ0n) is 9.21. The summed E-state index contributed by atoms with van der Waals surface area (Å²) in [5, 5.41) is 3.22. The summed E-state index contributed by atoms with van der Waals surface area (Å²) in [6, 6.07) is 0.751. The minimum atomic E-state index is 0.751. The Hall–Kier alpha value is -0.120. The molecule has 1 atom stereocenters. The third-order valence-corrected chi connectivity index (χ3v) is 3.04. The summed E-state index contributed by atoms with van der Waals surface area (Å²) < 4.78 is 0. The highest BCUT2D eigenvalue weighted by molar-refractivity contribution is 4.79. The van der Waals surface area contributed by atoms with E-state index in [-0.39, 0.29) is 0 Å². The second-order valence-electron chi connectivity index (χ2n) is 3.92. The largest absolute Gasteiger partial charge is 0.320 e. The van der Waals surface area contributed by atoms with Crippen molar-refractivity contribution >= 4 is 0 Å². The molecule has 1 heterocycles. The Morgan fingerprint density at radius 3 is 2.77 bits per heavy atom. The molecular formula is C10H23N3. The Labute approximate surface area is 82.1 Å². The average molecular weight is 185 g/mol. The highest BCUT2D eigenvalue weighted by Gasteiger charge is 2.22. The molecule has 1 unspecified atom stereocenters. The molecule has 3 nitrogen and oxygen atoms in total. The van der Waals surface area contributed by atoms with Crippen LogP contribution in [0.1, 0.15) is 13.3 Å². The van der Waals surface area contributed by atoms with Crippen molar-refractivity contribution in [2.45, 2.75) is 19.4 Å². The van der Waals surface area contributed by atoms with E-state index < -0.39 is 0 Å². The number of hydrogen-bond donors (Lipinski definition) is 1. The Kier molecular flexibility index (Phi) is 4.70. The van der Waals surface area contributed by atoms with Gasteiger partial charge < -0.3 is 15.1 Å². The van der Waals surface area contributed by atoms with E-state index in [0.29, 0.717) is 0 Å². The molecule has 1 aliphatic heterocycles. The number of rotatable bonds is 4. The summed E-state index contributed by atoms with van der Waals surface area (Å²) in [6.45, 7) is 8.29. The molecule has 0 aromatic rings. The zero-order chi connectivity index (χ0) is 9.68. The minimum Gasteiger partial charge on any atom is -0.320 e. The maximum Gasteiger partial charge on any atom is 0.0232 e. The molecule has 1 fully saturated rings. The summed E-state index contributed by atoms with van der Waals surface area (Å²) in [5.74, 6) is 0. The number of likely N-dealkylation sites (N-methyl/N-ethyl adjacent to an activating group) is 2. The molecule has 3 heteroatoms. The second kappa shape index (κ2) is 5.58. The van der Waals surface area contributed by atoms with Crippen LogP contribution in [0.4, 0.5) is 0 Å². The van der Waals surface area contributed by atoms with Crippen molar-refractivity contribution < 1.29 is 0 Å². The van der Waals surface area contributed by atoms with Gasteiger partial charge in [0.25, 0.3) is 0 Å². The normalized spacial score (nSPS) is 26.5. The lowest BCUT2D eigenvalue weighted by Gasteiger charge is -2.39. The van der Waals surface area contributed by atoms with Gasteiger partial charge >= 0.3 is 0 Å². The molecule has 0 bridgehead atoms. The van der Waals surface area contributed by atoms with Crippen molar-refractivity contribution in [1.29, 1.82) is 0 Å². The van der Waals surface area contributed by atoms with E-state index in [1.165, 1.54) is 32.6 Å². The number of hydrogen-bond acceptors (Lipinski definition) is 3. The van der Waals surface area contributed by atoms with Crippen LogP contribution < -0.4 is 5.32 Å². The highest BCUT2D eigenvalue weighted by atomic mass is 15.3. The quantitative estimate of drug-likeness (QED) is 0.676. The van der Waals surface area contributed by atoms with Crippen molar-refractivity contribution in [3.63, 3.8) is 0 Å². The standard InChI is InChI=1S/C10H23N3/c1-4-13-8-7-12(3)10(9-13)5-6-11-2/h10-11H,4-9H2,1-3H3. The molecule has 0 aliphatic carbocycles. The molecule has 0 radical (unpaired) electrons. The SMILES string of the molecule is CCN1CCN(C)C(CCNC)C1. The lowest BCUT2D eigenvalue weighted by molar-refractivity contribution is 0.0948. The monoisotopic (exact) mass is 185 g/mol. The summed E-state index contributed by atoms with van der Waals surface area (Å²) in [7, 11) is 4.27. The summed E-state index contributed by atoms with van der Waals surface area (Å²) in [4.78, 5) is 5.03. The number of piperazine rings is 1. The van der Waals surface area contributed by atoms with Crippen LogP contribution in [0.5, 0.6) is 0 Å². The van der Waals surface area contributed by atoms with Gasteiger partial charge in [-0.15, -0.1) is 0 Å². The Bertz CT molecular complexity index is 138. The van der Waals surface area contributed by atoms with Crippen LogP contribution in [-0.2, 0) is 0 Å². The molecule has 0 amide bonds. The molecule has 0 spiro atoms. The molecular weight excluding hydrogens is 162 g/mol. The van der Waals surface area contributed by atoms with E-state index in [9.17, 15) is 0 Å². The zero-order valence-corrected chi connectivity index (χ0v) is 9.21. The first kappa shape index (κ1) is 11.0. The lowest BCUT2D eigenvalue weighted by atomic mass is 10.1. The molecule has 1 N–H and O–H groups in total. The second-order valence-corrected chi connectivity index (χ2v) is 3.92. The summed E-state index contributed by atoms with van der Waals surface area (Å²) in [6.07, 6.45) is 1.27. The minimum absolute atomic E-state index is 0.751. The first-order valence-electron chi connectivity index (χ1n) is 5.35. The Balaban J connectivity index is 2.31. The van der Waals surface area contributed by atoms with Crippen LogP contribution >= 0.6 is 0 Å². The molecule has 78 valence electrons. The van der Waals surface area contributed by atoms with Gasteiger partial charge in [-0.05, 0) is 33.6 Å². The van der Waals surface area contributed by atoms with Crippen LogP contribution in [0.25, 0.3) is 0 Å². The van der Waals surface area contributed by atoms with Gasteiger partial charge in [0, 0.05) is 25.7 Å². The first-order valence-corrected chi connectivity index (χ1v) is 5.35. The van der Waals surface area contributed by atoms with Gasteiger partial charge in [-0.2, -0.15) is 0 Å². The van der Waals surface area contributed by atoms with Crippen molar-refractivity contribution in [3.05, 3.63) is 0 Å². The van der Waals surface area contributed by atoms with Gasteiger partial charge in [-0.1, -0.05) is 6.92 Å². The third kappa shape index (κ3) is 3.25. The van der Waals surface area contributed by atoms with Gasteiger partial charge in [-0.25, -0.2) is 0 Å². The molecule has 1 aliphatic rings. The fourth-order valence-electron chi connectivity index (χ4n) is 1.92. The van der Waals surface area contributed by atoms with E-state index >= 15 is 0 Å². The Morgan fingerprint density at radius 2 is 2.15 bits per heavy atom. The van der Waals surface area contributed by atoms with E-state index in [1.807, 2.05) is 7.05 Å². The van der Waals surface area contributed by atoms with Gasteiger partial charge in [0.05, 0.1) is 0 Å². The van der Waals surface area contributed by atoms with Crippen molar-refractivity contribution in [3.8, 4) is 0 Å². The van der Waals surface area contributed by atoms with E-state index in [4.69, 9.17) is 0 Å². The predicted molar refractivity (Wildman–Crippen MR) is 57.1 cm³/mol. The average Bonchev–Trinajstić information content (AvgIpc) is 2.17. The topological polar surface area (TPSA) is 18.5 Å². The van der Waals surface area contributed by atoms with Crippen LogP contribution in [-0.4, -0.2) is 62.7 Å². The maximum absolute atomic E-state index is 3.22. The van der Waals surface area contributed by atoms with Crippen LogP contribution in [0.15, 0.2) is 0 Å². The van der Waals surface area contributed by atoms with E-state index in [0.717, 1.165) is 12.6 Å². The van der Waals surface area contributed by atoms with Gasteiger partial charge in [0.1, 0.15) is 0 Å². The van der Waals surface area contributed by atoms with Crippen LogP contribution in [0.2, 0.25) is 0 Å². The van der Waals surface area contributed by atoms with Crippen molar-refractivity contribution in [2.75, 3.05) is 46.8 Å². The van der Waals surface area contributed by atoms with Crippen LogP contribution in [0.3, 0.4) is 0 Å². The number of nitrogens with one attached hydrogen (secondary N) is 1.